The quantitative estimate of drug-likeness (QED) is 0.764. The molecule has 0 atom stereocenters. The Kier molecular flexibility index (Phi) is 5.68. The number of hydrogen-bond acceptors (Lipinski definition) is 4. The van der Waals surface area contributed by atoms with Gasteiger partial charge < -0.3 is 10.1 Å². The number of nitrogens with one attached hydrogen (secondary N) is 1. The second-order valence-electron chi connectivity index (χ2n) is 5.85. The maximum atomic E-state index is 12.3. The maximum absolute atomic E-state index is 12.3. The van der Waals surface area contributed by atoms with Crippen molar-refractivity contribution in [1.29, 1.82) is 0 Å². The van der Waals surface area contributed by atoms with Crippen molar-refractivity contribution in [1.82, 2.24) is 5.32 Å². The summed E-state index contributed by atoms with van der Waals surface area (Å²) in [4.78, 5) is 12.3. The standard InChI is InChI=1S/C18H19ClN2O4S/c19-15-5-7-17(8-6-15)25-11-9-20-18(22)14-3-1-4-16(13-14)21-10-2-12-26(21,23)24/h1,3-8,13H,2,9-12H2,(H,20,22). The molecule has 0 unspecified atom stereocenters. The number of hydrogen-bond donors (Lipinski definition) is 1. The zero-order valence-electron chi connectivity index (χ0n) is 14.0. The molecule has 2 aromatic carbocycles. The Morgan fingerprint density at radius 3 is 2.65 bits per heavy atom. The van der Waals surface area contributed by atoms with Crippen molar-refractivity contribution < 1.29 is 17.9 Å². The number of halogens is 1. The molecular formula is C18H19ClN2O4S. The van der Waals surface area contributed by atoms with Crippen LogP contribution in [0.15, 0.2) is 48.5 Å². The molecule has 0 radical (unpaired) electrons. The third-order valence-electron chi connectivity index (χ3n) is 3.97. The van der Waals surface area contributed by atoms with Gasteiger partial charge in [0.2, 0.25) is 10.0 Å². The van der Waals surface area contributed by atoms with E-state index in [-0.39, 0.29) is 11.7 Å². The van der Waals surface area contributed by atoms with E-state index < -0.39 is 10.0 Å². The van der Waals surface area contributed by atoms with Gasteiger partial charge >= 0.3 is 0 Å². The van der Waals surface area contributed by atoms with Crippen LogP contribution in [0.2, 0.25) is 5.02 Å². The van der Waals surface area contributed by atoms with Gasteiger partial charge in [-0.05, 0) is 48.9 Å². The summed E-state index contributed by atoms with van der Waals surface area (Å²) in [5, 5.41) is 3.39. The summed E-state index contributed by atoms with van der Waals surface area (Å²) in [5.41, 5.74) is 0.934. The SMILES string of the molecule is O=C(NCCOc1ccc(Cl)cc1)c1cccc(N2CCCS2(=O)=O)c1. The zero-order valence-corrected chi connectivity index (χ0v) is 15.6. The summed E-state index contributed by atoms with van der Waals surface area (Å²) in [5.74, 6) is 0.541. The van der Waals surface area contributed by atoms with Gasteiger partial charge in [-0.3, -0.25) is 9.10 Å². The summed E-state index contributed by atoms with van der Waals surface area (Å²) >= 11 is 5.81. The molecular weight excluding hydrogens is 376 g/mol. The second-order valence-corrected chi connectivity index (χ2v) is 8.30. The van der Waals surface area contributed by atoms with Crippen LogP contribution >= 0.6 is 11.6 Å². The van der Waals surface area contributed by atoms with Crippen LogP contribution in [0.3, 0.4) is 0 Å². The van der Waals surface area contributed by atoms with Gasteiger partial charge in [-0.1, -0.05) is 17.7 Å². The van der Waals surface area contributed by atoms with Gasteiger partial charge in [-0.15, -0.1) is 0 Å². The number of sulfonamides is 1. The summed E-state index contributed by atoms with van der Waals surface area (Å²) in [6, 6.07) is 13.6. The van der Waals surface area contributed by atoms with Crippen molar-refractivity contribution in [2.24, 2.45) is 0 Å². The molecule has 1 amide bonds. The lowest BCUT2D eigenvalue weighted by Crippen LogP contribution is -2.29. The molecule has 1 heterocycles. The Labute approximate surface area is 157 Å². The van der Waals surface area contributed by atoms with Crippen LogP contribution in [0.5, 0.6) is 5.75 Å². The molecule has 138 valence electrons. The fourth-order valence-corrected chi connectivity index (χ4v) is 4.38. The fourth-order valence-electron chi connectivity index (χ4n) is 2.70. The first kappa shape index (κ1) is 18.5. The van der Waals surface area contributed by atoms with E-state index in [0.717, 1.165) is 0 Å². The second kappa shape index (κ2) is 7.97. The molecule has 1 fully saturated rings. The van der Waals surface area contributed by atoms with Crippen LogP contribution in [0.4, 0.5) is 5.69 Å². The zero-order chi connectivity index (χ0) is 18.6. The highest BCUT2D eigenvalue weighted by Crippen LogP contribution is 2.24. The average Bonchev–Trinajstić information content (AvgIpc) is 2.99. The fraction of sp³-hybridized carbons (Fsp3) is 0.278. The third kappa shape index (κ3) is 4.47. The molecule has 26 heavy (non-hydrogen) atoms. The summed E-state index contributed by atoms with van der Waals surface area (Å²) in [6.07, 6.45) is 0.598. The predicted octanol–water partition coefficient (Wildman–Crippen LogP) is 2.69. The van der Waals surface area contributed by atoms with Crippen LogP contribution < -0.4 is 14.4 Å². The van der Waals surface area contributed by atoms with Crippen molar-refractivity contribution in [3.8, 4) is 5.75 Å². The molecule has 0 saturated carbocycles. The summed E-state index contributed by atoms with van der Waals surface area (Å²) in [6.45, 7) is 1.09. The lowest BCUT2D eigenvalue weighted by molar-refractivity contribution is 0.0947. The Balaban J connectivity index is 1.55. The van der Waals surface area contributed by atoms with E-state index in [1.807, 2.05) is 0 Å². The number of amides is 1. The smallest absolute Gasteiger partial charge is 0.251 e. The van der Waals surface area contributed by atoms with Gasteiger partial charge in [0, 0.05) is 17.1 Å². The van der Waals surface area contributed by atoms with Gasteiger partial charge in [0.25, 0.3) is 5.91 Å². The largest absolute Gasteiger partial charge is 0.492 e. The molecule has 1 N–H and O–H groups in total. The van der Waals surface area contributed by atoms with E-state index in [1.165, 1.54) is 4.31 Å². The van der Waals surface area contributed by atoms with Gasteiger partial charge in [0.15, 0.2) is 0 Å². The van der Waals surface area contributed by atoms with Crippen LogP contribution in [-0.4, -0.2) is 39.8 Å². The molecule has 1 aliphatic rings. The van der Waals surface area contributed by atoms with E-state index >= 15 is 0 Å². The van der Waals surface area contributed by atoms with Crippen molar-refractivity contribution in [3.63, 3.8) is 0 Å². The topological polar surface area (TPSA) is 75.7 Å². The van der Waals surface area contributed by atoms with E-state index in [0.29, 0.717) is 48.1 Å². The number of rotatable bonds is 6. The predicted molar refractivity (Wildman–Crippen MR) is 101 cm³/mol. The molecule has 0 bridgehead atoms. The maximum Gasteiger partial charge on any atom is 0.251 e. The van der Waals surface area contributed by atoms with Crippen molar-refractivity contribution in [2.45, 2.75) is 6.42 Å². The number of ether oxygens (including phenoxy) is 1. The first-order valence-corrected chi connectivity index (χ1v) is 10.2. The molecule has 1 aliphatic heterocycles. The van der Waals surface area contributed by atoms with Gasteiger partial charge in [-0.25, -0.2) is 8.42 Å². The van der Waals surface area contributed by atoms with Crippen LogP contribution in [0, 0.1) is 0 Å². The highest BCUT2D eigenvalue weighted by Gasteiger charge is 2.28. The van der Waals surface area contributed by atoms with E-state index in [4.69, 9.17) is 16.3 Å². The Hall–Kier alpha value is -2.25. The van der Waals surface area contributed by atoms with Crippen LogP contribution in [-0.2, 0) is 10.0 Å². The molecule has 8 heteroatoms. The number of carbonyl (C=O) groups excluding carboxylic acids is 1. The van der Waals surface area contributed by atoms with Crippen molar-refractivity contribution >= 4 is 33.2 Å². The Morgan fingerprint density at radius 1 is 1.19 bits per heavy atom. The lowest BCUT2D eigenvalue weighted by atomic mass is 10.2. The minimum Gasteiger partial charge on any atom is -0.492 e. The number of carbonyl (C=O) groups is 1. The first-order valence-electron chi connectivity index (χ1n) is 8.23. The number of benzene rings is 2. The van der Waals surface area contributed by atoms with Gasteiger partial charge in [-0.2, -0.15) is 0 Å². The monoisotopic (exact) mass is 394 g/mol. The van der Waals surface area contributed by atoms with E-state index in [1.54, 1.807) is 48.5 Å². The highest BCUT2D eigenvalue weighted by atomic mass is 35.5. The minimum absolute atomic E-state index is 0.144. The molecule has 1 saturated heterocycles. The number of anilines is 1. The highest BCUT2D eigenvalue weighted by molar-refractivity contribution is 7.93. The van der Waals surface area contributed by atoms with Crippen molar-refractivity contribution in [2.75, 3.05) is 29.8 Å². The van der Waals surface area contributed by atoms with E-state index in [2.05, 4.69) is 5.32 Å². The van der Waals surface area contributed by atoms with Crippen LogP contribution in [0.1, 0.15) is 16.8 Å². The van der Waals surface area contributed by atoms with E-state index in [9.17, 15) is 13.2 Å². The lowest BCUT2D eigenvalue weighted by Gasteiger charge is -2.17. The molecule has 0 aliphatic carbocycles. The van der Waals surface area contributed by atoms with Crippen LogP contribution in [0.25, 0.3) is 0 Å². The Morgan fingerprint density at radius 2 is 1.96 bits per heavy atom. The summed E-state index contributed by atoms with van der Waals surface area (Å²) in [7, 11) is -3.27. The minimum atomic E-state index is -3.27. The molecule has 6 nitrogen and oxygen atoms in total. The molecule has 0 spiro atoms. The van der Waals surface area contributed by atoms with Crippen molar-refractivity contribution in [3.05, 3.63) is 59.1 Å². The van der Waals surface area contributed by atoms with Gasteiger partial charge in [0.05, 0.1) is 18.0 Å². The third-order valence-corrected chi connectivity index (χ3v) is 6.09. The molecule has 2 aromatic rings. The average molecular weight is 395 g/mol. The molecule has 3 rings (SSSR count). The normalized spacial score (nSPS) is 15.7. The molecule has 0 aromatic heterocycles. The summed E-state index contributed by atoms with van der Waals surface area (Å²) < 4.78 is 30.9. The first-order chi connectivity index (χ1) is 12.5. The number of nitrogens with zero attached hydrogens (tertiary/aromatic N) is 1. The van der Waals surface area contributed by atoms with Gasteiger partial charge in [0.1, 0.15) is 12.4 Å². The Bertz CT molecular complexity index is 884.